The van der Waals surface area contributed by atoms with Crippen molar-refractivity contribution in [3.05, 3.63) is 28.4 Å². The Morgan fingerprint density at radius 3 is 2.80 bits per heavy atom. The van der Waals surface area contributed by atoms with Crippen LogP contribution in [-0.2, 0) is 11.3 Å². The van der Waals surface area contributed by atoms with Crippen LogP contribution in [0.5, 0.6) is 0 Å². The summed E-state index contributed by atoms with van der Waals surface area (Å²) in [6, 6.07) is 3.07. The van der Waals surface area contributed by atoms with Gasteiger partial charge in [-0.1, -0.05) is 49.9 Å². The Kier molecular flexibility index (Phi) is 3.11. The molecule has 0 saturated heterocycles. The molecule has 1 aromatic carbocycles. The van der Waals surface area contributed by atoms with Gasteiger partial charge in [-0.15, -0.1) is 0 Å². The lowest BCUT2D eigenvalue weighted by Gasteiger charge is -2.28. The summed E-state index contributed by atoms with van der Waals surface area (Å²) in [4.78, 5) is 25.0. The summed E-state index contributed by atoms with van der Waals surface area (Å²) in [6.45, 7) is -1.86. The van der Waals surface area contributed by atoms with E-state index in [4.69, 9.17) is 18.1 Å². The number of aryl methyl sites for hydroxylation is 1. The van der Waals surface area contributed by atoms with Crippen molar-refractivity contribution < 1.29 is 21.9 Å². The Balaban J connectivity index is 2.74. The summed E-state index contributed by atoms with van der Waals surface area (Å²) >= 11 is 3.23. The molecular formula is C18H25BrN4O2. The average Bonchev–Trinajstić information content (AvgIpc) is 3.02. The molecule has 1 atom stereocenters. The number of primary amides is 1. The standard InChI is InChI=1S/C18H25BrN4O2/c1-5-6-9-23-13-8-7-11(19)10-12(13)14(22-23)17(25)21-15(16(20)24)18(2,3)4/h7-8,10,15H,5-6,9H2,1-4H3,(H2,20,24)(H,21,25)/t15-/m1/s1/i1D3,5D2,6D2,9D2. The molecule has 7 heteroatoms. The lowest BCUT2D eigenvalue weighted by molar-refractivity contribution is -0.122. The van der Waals surface area contributed by atoms with E-state index in [9.17, 15) is 9.59 Å². The number of fused-ring (bicyclic) bond motifs is 1. The van der Waals surface area contributed by atoms with E-state index >= 15 is 0 Å². The van der Waals surface area contributed by atoms with Crippen LogP contribution < -0.4 is 11.1 Å². The molecule has 2 aromatic rings. The predicted molar refractivity (Wildman–Crippen MR) is 102 cm³/mol. The highest BCUT2D eigenvalue weighted by Crippen LogP contribution is 2.25. The Bertz CT molecular complexity index is 1120. The zero-order valence-corrected chi connectivity index (χ0v) is 15.6. The van der Waals surface area contributed by atoms with Gasteiger partial charge < -0.3 is 11.1 Å². The zero-order valence-electron chi connectivity index (χ0n) is 23.0. The summed E-state index contributed by atoms with van der Waals surface area (Å²) in [7, 11) is 0. The number of benzene rings is 1. The van der Waals surface area contributed by atoms with Gasteiger partial charge in [0.1, 0.15) is 6.04 Å². The van der Waals surface area contributed by atoms with Crippen molar-refractivity contribution in [1.29, 1.82) is 0 Å². The summed E-state index contributed by atoms with van der Waals surface area (Å²) in [6.07, 6.45) is -7.24. The van der Waals surface area contributed by atoms with Gasteiger partial charge in [-0.25, -0.2) is 0 Å². The fraction of sp³-hybridized carbons (Fsp3) is 0.500. The molecule has 2 rings (SSSR count). The number of carbonyl (C=O) groups is 2. The molecule has 0 unspecified atom stereocenters. The van der Waals surface area contributed by atoms with Crippen molar-refractivity contribution in [3.63, 3.8) is 0 Å². The van der Waals surface area contributed by atoms with Crippen molar-refractivity contribution in [1.82, 2.24) is 15.1 Å². The van der Waals surface area contributed by atoms with Gasteiger partial charge in [-0.3, -0.25) is 14.3 Å². The Morgan fingerprint density at radius 2 is 2.20 bits per heavy atom. The molecule has 3 N–H and O–H groups in total. The van der Waals surface area contributed by atoms with E-state index in [1.807, 2.05) is 0 Å². The SMILES string of the molecule is [2H]C([2H])([2H])C([2H])([2H])C([2H])([2H])C([2H])([2H])n1nc(C(=O)N[C@H](C(N)=O)C(C)(C)C)c2cc(Br)ccc21. The molecule has 0 aliphatic heterocycles. The molecule has 1 heterocycles. The molecule has 0 fully saturated rings. The predicted octanol–water partition coefficient (Wildman–Crippen LogP) is 3.23. The molecule has 0 radical (unpaired) electrons. The second-order valence-corrected chi connectivity index (χ2v) is 7.37. The van der Waals surface area contributed by atoms with Crippen LogP contribution in [0, 0.1) is 5.41 Å². The van der Waals surface area contributed by atoms with Crippen LogP contribution in [0.2, 0.25) is 0 Å². The zero-order chi connectivity index (χ0) is 26.7. The summed E-state index contributed by atoms with van der Waals surface area (Å²) in [5, 5.41) is 6.44. The summed E-state index contributed by atoms with van der Waals surface area (Å²) < 4.78 is 71.8. The molecule has 0 saturated carbocycles. The monoisotopic (exact) mass is 417 g/mol. The van der Waals surface area contributed by atoms with E-state index in [1.54, 1.807) is 20.8 Å². The Hall–Kier alpha value is -1.89. The minimum absolute atomic E-state index is 0.0538. The third kappa shape index (κ3) is 4.39. The first-order valence-electron chi connectivity index (χ1n) is 11.9. The molecule has 25 heavy (non-hydrogen) atoms. The molecule has 1 aromatic heterocycles. The maximum Gasteiger partial charge on any atom is 0.273 e. The number of nitrogens with one attached hydrogen (secondary N) is 1. The lowest BCUT2D eigenvalue weighted by Crippen LogP contribution is -2.52. The normalized spacial score (nSPS) is 20.6. The number of hydrogen-bond acceptors (Lipinski definition) is 3. The largest absolute Gasteiger partial charge is 0.368 e. The van der Waals surface area contributed by atoms with Crippen LogP contribution in [0.1, 0.15) is 63.2 Å². The smallest absolute Gasteiger partial charge is 0.273 e. The molecule has 0 spiro atoms. The number of halogens is 1. The van der Waals surface area contributed by atoms with Crippen molar-refractivity contribution in [2.75, 3.05) is 0 Å². The fourth-order valence-electron chi connectivity index (χ4n) is 2.34. The van der Waals surface area contributed by atoms with E-state index < -0.39 is 49.4 Å². The maximum atomic E-state index is 13.1. The topological polar surface area (TPSA) is 90.0 Å². The Labute approximate surface area is 168 Å². The Morgan fingerprint density at radius 1 is 1.48 bits per heavy atom. The lowest BCUT2D eigenvalue weighted by atomic mass is 9.86. The number of amides is 2. The van der Waals surface area contributed by atoms with Gasteiger partial charge in [-0.2, -0.15) is 5.10 Å². The quantitative estimate of drug-likeness (QED) is 0.755. The minimum atomic E-state index is -3.62. The first kappa shape index (κ1) is 10.3. The average molecular weight is 418 g/mol. The fourth-order valence-corrected chi connectivity index (χ4v) is 2.70. The maximum absolute atomic E-state index is 13.1. The van der Waals surface area contributed by atoms with Gasteiger partial charge in [0.25, 0.3) is 5.91 Å². The number of carbonyl (C=O) groups excluding carboxylic acids is 2. The number of nitrogens with zero attached hydrogens (tertiary/aromatic N) is 2. The van der Waals surface area contributed by atoms with Crippen LogP contribution in [0.15, 0.2) is 22.7 Å². The molecule has 0 aliphatic rings. The molecular weight excluding hydrogens is 384 g/mol. The van der Waals surface area contributed by atoms with Gasteiger partial charge in [-0.05, 0) is 30.0 Å². The van der Waals surface area contributed by atoms with E-state index in [0.29, 0.717) is 9.15 Å². The second-order valence-electron chi connectivity index (χ2n) is 6.46. The summed E-state index contributed by atoms with van der Waals surface area (Å²) in [5.41, 5.74) is 4.15. The minimum Gasteiger partial charge on any atom is -0.368 e. The highest BCUT2D eigenvalue weighted by Gasteiger charge is 2.32. The van der Waals surface area contributed by atoms with Crippen molar-refractivity contribution in [3.8, 4) is 0 Å². The number of nitrogens with two attached hydrogens (primary N) is 1. The second kappa shape index (κ2) is 7.56. The first-order chi connectivity index (χ1) is 15.1. The number of aromatic nitrogens is 2. The van der Waals surface area contributed by atoms with Gasteiger partial charge in [0.05, 0.1) is 8.26 Å². The van der Waals surface area contributed by atoms with Gasteiger partial charge >= 0.3 is 0 Å². The van der Waals surface area contributed by atoms with Crippen LogP contribution >= 0.6 is 15.9 Å². The van der Waals surface area contributed by atoms with E-state index in [1.165, 1.54) is 18.2 Å². The molecule has 2 amide bonds. The number of rotatable bonds is 6. The van der Waals surface area contributed by atoms with Crippen LogP contribution in [0.3, 0.4) is 0 Å². The van der Waals surface area contributed by atoms with Crippen molar-refractivity contribution >= 4 is 38.6 Å². The van der Waals surface area contributed by atoms with Crippen LogP contribution in [-0.4, -0.2) is 27.6 Å². The molecule has 136 valence electrons. The molecule has 0 aliphatic carbocycles. The van der Waals surface area contributed by atoms with Gasteiger partial charge in [0, 0.05) is 26.0 Å². The number of hydrogen-bond donors (Lipinski definition) is 2. The highest BCUT2D eigenvalue weighted by atomic mass is 79.9. The first-order valence-corrected chi connectivity index (χ1v) is 8.15. The van der Waals surface area contributed by atoms with Crippen molar-refractivity contribution in [2.45, 2.75) is 52.9 Å². The van der Waals surface area contributed by atoms with Crippen LogP contribution in [0.4, 0.5) is 0 Å². The van der Waals surface area contributed by atoms with Gasteiger partial charge in [0.15, 0.2) is 5.69 Å². The molecule has 0 bridgehead atoms. The van der Waals surface area contributed by atoms with E-state index in [0.717, 1.165) is 0 Å². The third-order valence-electron chi connectivity index (χ3n) is 3.51. The van der Waals surface area contributed by atoms with Crippen molar-refractivity contribution in [2.24, 2.45) is 11.1 Å². The third-order valence-corrected chi connectivity index (χ3v) is 4.00. The van der Waals surface area contributed by atoms with Crippen LogP contribution in [0.25, 0.3) is 10.9 Å². The van der Waals surface area contributed by atoms with Gasteiger partial charge in [0.2, 0.25) is 5.91 Å². The highest BCUT2D eigenvalue weighted by molar-refractivity contribution is 9.10. The molecule has 6 nitrogen and oxygen atoms in total. The van der Waals surface area contributed by atoms with E-state index in [2.05, 4.69) is 26.3 Å². The summed E-state index contributed by atoms with van der Waals surface area (Å²) in [5.74, 6) is -1.72. The van der Waals surface area contributed by atoms with E-state index in [-0.39, 0.29) is 16.6 Å².